The quantitative estimate of drug-likeness (QED) is 0.460. The molecule has 1 aliphatic rings. The first-order valence-electron chi connectivity index (χ1n) is 9.75. The Balaban J connectivity index is 2.00. The van der Waals surface area contributed by atoms with E-state index in [2.05, 4.69) is 12.7 Å². The molecule has 2 aromatic rings. The standard InChI is InChI=1S/C25H26O4/c1-17-15-21(17)16-20(5-3-4-6-24(28)29-2)25(18-7-11-22(26)12-8-18)19-9-13-23(27)14-10-19/h7-14,16,26-27H,1,3-6,15H2,2H3/b21-16+. The SMILES string of the molecule is C=C1C/C1=C\C(CCCCC(=O)OC)=C(c1ccc(O)cc1)c1ccc(O)cc1. The highest BCUT2D eigenvalue weighted by Gasteiger charge is 2.20. The highest BCUT2D eigenvalue weighted by atomic mass is 16.5. The fourth-order valence-corrected chi connectivity index (χ4v) is 3.30. The van der Waals surface area contributed by atoms with E-state index in [9.17, 15) is 15.0 Å². The van der Waals surface area contributed by atoms with Gasteiger partial charge in [0.25, 0.3) is 0 Å². The highest BCUT2D eigenvalue weighted by Crippen LogP contribution is 2.39. The largest absolute Gasteiger partial charge is 0.508 e. The van der Waals surface area contributed by atoms with Crippen LogP contribution in [0.25, 0.3) is 5.57 Å². The number of methoxy groups -OCH3 is 1. The number of hydrogen-bond acceptors (Lipinski definition) is 4. The molecule has 0 amide bonds. The Hall–Kier alpha value is -3.27. The molecular formula is C25H26O4. The van der Waals surface area contributed by atoms with Crippen molar-refractivity contribution in [2.75, 3.05) is 7.11 Å². The summed E-state index contributed by atoms with van der Waals surface area (Å²) in [7, 11) is 1.41. The third-order valence-corrected chi connectivity index (χ3v) is 5.02. The molecule has 0 aliphatic heterocycles. The van der Waals surface area contributed by atoms with Crippen LogP contribution in [0.5, 0.6) is 11.5 Å². The second-order valence-electron chi connectivity index (χ2n) is 7.23. The maximum atomic E-state index is 11.4. The highest BCUT2D eigenvalue weighted by molar-refractivity contribution is 5.84. The van der Waals surface area contributed by atoms with Crippen molar-refractivity contribution in [1.29, 1.82) is 0 Å². The van der Waals surface area contributed by atoms with Crippen molar-refractivity contribution in [2.24, 2.45) is 0 Å². The minimum Gasteiger partial charge on any atom is -0.508 e. The summed E-state index contributed by atoms with van der Waals surface area (Å²) in [6.45, 7) is 4.04. The van der Waals surface area contributed by atoms with E-state index in [-0.39, 0.29) is 17.5 Å². The molecule has 0 aromatic heterocycles. The molecule has 0 unspecified atom stereocenters. The predicted octanol–water partition coefficient (Wildman–Crippen LogP) is 5.52. The summed E-state index contributed by atoms with van der Waals surface area (Å²) in [5.74, 6) is 0.237. The van der Waals surface area contributed by atoms with Gasteiger partial charge in [0.15, 0.2) is 0 Å². The molecule has 2 N–H and O–H groups in total. The van der Waals surface area contributed by atoms with E-state index in [0.717, 1.165) is 53.5 Å². The average molecular weight is 390 g/mol. The monoisotopic (exact) mass is 390 g/mol. The van der Waals surface area contributed by atoms with Crippen LogP contribution in [0.2, 0.25) is 0 Å². The van der Waals surface area contributed by atoms with Crippen molar-refractivity contribution < 1.29 is 19.7 Å². The number of rotatable bonds is 8. The van der Waals surface area contributed by atoms with Gasteiger partial charge >= 0.3 is 5.97 Å². The maximum Gasteiger partial charge on any atom is 0.305 e. The Morgan fingerprint density at radius 2 is 1.45 bits per heavy atom. The van der Waals surface area contributed by atoms with Crippen LogP contribution in [0.3, 0.4) is 0 Å². The second-order valence-corrected chi connectivity index (χ2v) is 7.23. The number of aromatic hydroxyl groups is 2. The van der Waals surface area contributed by atoms with Crippen molar-refractivity contribution in [1.82, 2.24) is 0 Å². The summed E-state index contributed by atoms with van der Waals surface area (Å²) in [5, 5.41) is 19.4. The zero-order valence-corrected chi connectivity index (χ0v) is 16.6. The molecule has 0 bridgehead atoms. The number of unbranched alkanes of at least 4 members (excludes halogenated alkanes) is 1. The van der Waals surface area contributed by atoms with Crippen molar-refractivity contribution in [3.63, 3.8) is 0 Å². The molecule has 2 aromatic carbocycles. The van der Waals surface area contributed by atoms with Gasteiger partial charge < -0.3 is 14.9 Å². The molecule has 4 heteroatoms. The summed E-state index contributed by atoms with van der Waals surface area (Å²) < 4.78 is 4.73. The summed E-state index contributed by atoms with van der Waals surface area (Å²) in [6.07, 6.45) is 5.91. The Morgan fingerprint density at radius 1 is 0.966 bits per heavy atom. The van der Waals surface area contributed by atoms with Gasteiger partial charge in [0, 0.05) is 6.42 Å². The first-order valence-corrected chi connectivity index (χ1v) is 9.75. The van der Waals surface area contributed by atoms with Crippen LogP contribution in [0.4, 0.5) is 0 Å². The minimum atomic E-state index is -0.193. The Morgan fingerprint density at radius 3 is 1.90 bits per heavy atom. The van der Waals surface area contributed by atoms with Gasteiger partial charge in [-0.05, 0) is 83.4 Å². The smallest absolute Gasteiger partial charge is 0.305 e. The molecule has 1 aliphatic carbocycles. The molecule has 0 atom stereocenters. The number of phenolic OH excluding ortho intramolecular Hbond substituents is 2. The summed E-state index contributed by atoms with van der Waals surface area (Å²) in [5.41, 5.74) is 6.56. The molecule has 1 fully saturated rings. The van der Waals surface area contributed by atoms with Crippen molar-refractivity contribution in [2.45, 2.75) is 32.1 Å². The zero-order chi connectivity index (χ0) is 20.8. The van der Waals surface area contributed by atoms with E-state index in [4.69, 9.17) is 4.74 Å². The van der Waals surface area contributed by atoms with Crippen LogP contribution in [0.1, 0.15) is 43.2 Å². The third kappa shape index (κ3) is 5.61. The van der Waals surface area contributed by atoms with Crippen molar-refractivity contribution >= 4 is 11.5 Å². The van der Waals surface area contributed by atoms with Gasteiger partial charge in [-0.25, -0.2) is 0 Å². The number of hydrogen-bond donors (Lipinski definition) is 2. The lowest BCUT2D eigenvalue weighted by Gasteiger charge is -2.15. The van der Waals surface area contributed by atoms with Gasteiger partial charge in [-0.15, -0.1) is 0 Å². The molecule has 0 heterocycles. The molecular weight excluding hydrogens is 364 g/mol. The van der Waals surface area contributed by atoms with Crippen LogP contribution in [-0.2, 0) is 9.53 Å². The first kappa shape index (κ1) is 20.5. The van der Waals surface area contributed by atoms with Crippen LogP contribution >= 0.6 is 0 Å². The molecule has 3 rings (SSSR count). The van der Waals surface area contributed by atoms with Gasteiger partial charge in [0.05, 0.1) is 7.11 Å². The average Bonchev–Trinajstić information content (AvgIpc) is 3.42. The summed E-state index contributed by atoms with van der Waals surface area (Å²) in [4.78, 5) is 11.4. The van der Waals surface area contributed by atoms with Gasteiger partial charge in [-0.3, -0.25) is 4.79 Å². The number of carbonyl (C=O) groups excluding carboxylic acids is 1. The maximum absolute atomic E-state index is 11.4. The minimum absolute atomic E-state index is 0.193. The number of phenols is 2. The molecule has 0 spiro atoms. The Kier molecular flexibility index (Phi) is 6.55. The lowest BCUT2D eigenvalue weighted by Crippen LogP contribution is -2.00. The molecule has 29 heavy (non-hydrogen) atoms. The molecule has 4 nitrogen and oxygen atoms in total. The lowest BCUT2D eigenvalue weighted by atomic mass is 9.90. The molecule has 0 saturated heterocycles. The van der Waals surface area contributed by atoms with Gasteiger partial charge in [-0.2, -0.15) is 0 Å². The number of allylic oxidation sites excluding steroid dienone is 4. The topological polar surface area (TPSA) is 66.8 Å². The fraction of sp³-hybridized carbons (Fsp3) is 0.240. The molecule has 0 radical (unpaired) electrons. The van der Waals surface area contributed by atoms with E-state index in [1.54, 1.807) is 24.3 Å². The first-order chi connectivity index (χ1) is 14.0. The van der Waals surface area contributed by atoms with E-state index < -0.39 is 0 Å². The summed E-state index contributed by atoms with van der Waals surface area (Å²) in [6, 6.07) is 14.3. The Labute approximate surface area is 171 Å². The Bertz CT molecular complexity index is 900. The van der Waals surface area contributed by atoms with Gasteiger partial charge in [0.1, 0.15) is 11.5 Å². The molecule has 1 saturated carbocycles. The number of esters is 1. The normalized spacial score (nSPS) is 14.0. The number of benzene rings is 2. The number of carbonyl (C=O) groups is 1. The van der Waals surface area contributed by atoms with E-state index in [1.165, 1.54) is 12.7 Å². The van der Waals surface area contributed by atoms with Crippen LogP contribution in [0.15, 0.2) is 77.9 Å². The predicted molar refractivity (Wildman–Crippen MR) is 115 cm³/mol. The van der Waals surface area contributed by atoms with Crippen molar-refractivity contribution in [3.8, 4) is 11.5 Å². The van der Waals surface area contributed by atoms with Crippen LogP contribution < -0.4 is 0 Å². The third-order valence-electron chi connectivity index (χ3n) is 5.02. The lowest BCUT2D eigenvalue weighted by molar-refractivity contribution is -0.140. The number of ether oxygens (including phenoxy) is 1. The van der Waals surface area contributed by atoms with Gasteiger partial charge in [0.2, 0.25) is 0 Å². The molecule has 150 valence electrons. The second kappa shape index (κ2) is 9.28. The van der Waals surface area contributed by atoms with E-state index in [1.807, 2.05) is 24.3 Å². The van der Waals surface area contributed by atoms with Crippen molar-refractivity contribution in [3.05, 3.63) is 89.0 Å². The fourth-order valence-electron chi connectivity index (χ4n) is 3.30. The van der Waals surface area contributed by atoms with Crippen LogP contribution in [-0.4, -0.2) is 23.3 Å². The van der Waals surface area contributed by atoms with E-state index in [0.29, 0.717) is 6.42 Å². The zero-order valence-electron chi connectivity index (χ0n) is 16.6. The summed E-state index contributed by atoms with van der Waals surface area (Å²) >= 11 is 0. The van der Waals surface area contributed by atoms with E-state index >= 15 is 0 Å². The van der Waals surface area contributed by atoms with Gasteiger partial charge in [-0.1, -0.05) is 36.9 Å². The van der Waals surface area contributed by atoms with Crippen LogP contribution in [0, 0.1) is 0 Å².